The van der Waals surface area contributed by atoms with Crippen LogP contribution in [0.4, 0.5) is 15.8 Å². The first-order valence-corrected chi connectivity index (χ1v) is 9.03. The van der Waals surface area contributed by atoms with Crippen molar-refractivity contribution >= 4 is 62.2 Å². The molecule has 25 heavy (non-hydrogen) atoms. The summed E-state index contributed by atoms with van der Waals surface area (Å²) in [6.45, 7) is 0. The third-order valence-electron chi connectivity index (χ3n) is 3.09. The maximum absolute atomic E-state index is 13.6. The van der Waals surface area contributed by atoms with Gasteiger partial charge in [0.2, 0.25) is 5.91 Å². The molecule has 0 aliphatic rings. The van der Waals surface area contributed by atoms with Crippen molar-refractivity contribution in [1.82, 2.24) is 4.98 Å². The van der Waals surface area contributed by atoms with Crippen molar-refractivity contribution in [2.45, 2.75) is 4.34 Å². The van der Waals surface area contributed by atoms with E-state index in [1.54, 1.807) is 6.07 Å². The van der Waals surface area contributed by atoms with Crippen molar-refractivity contribution < 1.29 is 14.1 Å². The van der Waals surface area contributed by atoms with Gasteiger partial charge in [-0.05, 0) is 24.3 Å². The molecule has 128 valence electrons. The maximum atomic E-state index is 13.6. The SMILES string of the molecule is O=C(CSc1nc2ccc([N+](=O)[O-])cc2s1)Nc1cc(Cl)ccc1F. The lowest BCUT2D eigenvalue weighted by molar-refractivity contribution is -0.384. The molecule has 0 saturated carbocycles. The number of nitro benzene ring substituents is 1. The molecule has 0 aliphatic carbocycles. The van der Waals surface area contributed by atoms with E-state index in [0.29, 0.717) is 19.6 Å². The molecule has 1 heterocycles. The second kappa shape index (κ2) is 7.34. The number of hydrogen-bond acceptors (Lipinski definition) is 6. The van der Waals surface area contributed by atoms with Crippen LogP contribution in [0.15, 0.2) is 40.7 Å². The van der Waals surface area contributed by atoms with Crippen molar-refractivity contribution in [2.75, 3.05) is 11.1 Å². The first kappa shape index (κ1) is 17.6. The van der Waals surface area contributed by atoms with Gasteiger partial charge in [-0.25, -0.2) is 9.37 Å². The molecule has 0 unspecified atom stereocenters. The lowest BCUT2D eigenvalue weighted by Gasteiger charge is -2.05. The predicted octanol–water partition coefficient (Wildman–Crippen LogP) is 4.73. The van der Waals surface area contributed by atoms with Crippen molar-refractivity contribution in [3.63, 3.8) is 0 Å². The van der Waals surface area contributed by atoms with Gasteiger partial charge in [0.05, 0.1) is 26.6 Å². The number of carbonyl (C=O) groups is 1. The maximum Gasteiger partial charge on any atom is 0.270 e. The lowest BCUT2D eigenvalue weighted by atomic mass is 10.3. The van der Waals surface area contributed by atoms with Crippen LogP contribution in [0, 0.1) is 15.9 Å². The highest BCUT2D eigenvalue weighted by Gasteiger charge is 2.13. The Labute approximate surface area is 154 Å². The van der Waals surface area contributed by atoms with E-state index in [1.807, 2.05) is 0 Å². The van der Waals surface area contributed by atoms with Crippen LogP contribution in [0.1, 0.15) is 0 Å². The number of halogens is 2. The summed E-state index contributed by atoms with van der Waals surface area (Å²) in [6.07, 6.45) is 0. The molecular weight excluding hydrogens is 389 g/mol. The van der Waals surface area contributed by atoms with Gasteiger partial charge < -0.3 is 5.32 Å². The van der Waals surface area contributed by atoms with Crippen LogP contribution in [0.25, 0.3) is 10.2 Å². The van der Waals surface area contributed by atoms with Crippen LogP contribution < -0.4 is 5.32 Å². The minimum Gasteiger partial charge on any atom is -0.323 e. The molecule has 0 atom stereocenters. The Bertz CT molecular complexity index is 980. The number of non-ortho nitro benzene ring substituents is 1. The summed E-state index contributed by atoms with van der Waals surface area (Å²) in [5.41, 5.74) is 0.624. The highest BCUT2D eigenvalue weighted by molar-refractivity contribution is 8.01. The summed E-state index contributed by atoms with van der Waals surface area (Å²) in [5, 5.41) is 13.5. The largest absolute Gasteiger partial charge is 0.323 e. The number of nitro groups is 1. The highest BCUT2D eigenvalue weighted by atomic mass is 35.5. The fourth-order valence-corrected chi connectivity index (χ4v) is 4.05. The molecule has 1 N–H and O–H groups in total. The number of carbonyl (C=O) groups excluding carboxylic acids is 1. The van der Waals surface area contributed by atoms with Crippen molar-refractivity contribution in [2.24, 2.45) is 0 Å². The number of anilines is 1. The fraction of sp³-hybridized carbons (Fsp3) is 0.0667. The standard InChI is InChI=1S/C15H9ClFN3O3S2/c16-8-1-3-10(17)12(5-8)18-14(21)7-24-15-19-11-4-2-9(20(22)23)6-13(11)25-15/h1-6H,7H2,(H,18,21). The van der Waals surface area contributed by atoms with Gasteiger partial charge in [-0.3, -0.25) is 14.9 Å². The van der Waals surface area contributed by atoms with Crippen LogP contribution >= 0.6 is 34.7 Å². The number of nitrogens with zero attached hydrogens (tertiary/aromatic N) is 2. The zero-order valence-corrected chi connectivity index (χ0v) is 14.8. The normalized spacial score (nSPS) is 10.8. The van der Waals surface area contributed by atoms with Gasteiger partial charge in [0.25, 0.3) is 5.69 Å². The number of rotatable bonds is 5. The van der Waals surface area contributed by atoms with Gasteiger partial charge in [-0.1, -0.05) is 23.4 Å². The summed E-state index contributed by atoms with van der Waals surface area (Å²) in [5.74, 6) is -0.958. The van der Waals surface area contributed by atoms with E-state index in [1.165, 1.54) is 53.4 Å². The van der Waals surface area contributed by atoms with Crippen LogP contribution in [0.2, 0.25) is 5.02 Å². The van der Waals surface area contributed by atoms with E-state index >= 15 is 0 Å². The second-order valence-corrected chi connectivity index (χ2v) is 7.54. The smallest absolute Gasteiger partial charge is 0.270 e. The Kier molecular flexibility index (Phi) is 5.16. The molecule has 6 nitrogen and oxygen atoms in total. The fourth-order valence-electron chi connectivity index (χ4n) is 1.97. The number of benzene rings is 2. The first-order valence-electron chi connectivity index (χ1n) is 6.85. The van der Waals surface area contributed by atoms with Crippen molar-refractivity contribution in [3.05, 3.63) is 57.4 Å². The number of thiazole rings is 1. The van der Waals surface area contributed by atoms with Crippen LogP contribution in [-0.4, -0.2) is 21.6 Å². The minimum atomic E-state index is -0.574. The van der Waals surface area contributed by atoms with E-state index in [-0.39, 0.29) is 17.1 Å². The van der Waals surface area contributed by atoms with Gasteiger partial charge >= 0.3 is 0 Å². The van der Waals surface area contributed by atoms with Gasteiger partial charge in [0.1, 0.15) is 5.82 Å². The molecule has 0 aliphatic heterocycles. The molecule has 1 aromatic heterocycles. The molecule has 0 bridgehead atoms. The molecule has 2 aromatic carbocycles. The first-order chi connectivity index (χ1) is 11.9. The van der Waals surface area contributed by atoms with E-state index in [0.717, 1.165) is 0 Å². The zero-order chi connectivity index (χ0) is 18.0. The molecule has 1 amide bonds. The molecule has 10 heteroatoms. The lowest BCUT2D eigenvalue weighted by Crippen LogP contribution is -2.15. The Morgan fingerprint density at radius 1 is 1.36 bits per heavy atom. The van der Waals surface area contributed by atoms with Gasteiger partial charge in [-0.15, -0.1) is 11.3 Å². The zero-order valence-electron chi connectivity index (χ0n) is 12.4. The van der Waals surface area contributed by atoms with Gasteiger partial charge in [-0.2, -0.15) is 0 Å². The second-order valence-electron chi connectivity index (χ2n) is 4.85. The summed E-state index contributed by atoms with van der Waals surface area (Å²) in [6, 6.07) is 8.28. The number of aromatic nitrogens is 1. The molecule has 0 saturated heterocycles. The minimum absolute atomic E-state index is 0.0121. The van der Waals surface area contributed by atoms with Crippen molar-refractivity contribution in [1.29, 1.82) is 0 Å². The summed E-state index contributed by atoms with van der Waals surface area (Å²) in [4.78, 5) is 26.6. The molecular formula is C15H9ClFN3O3S2. The molecule has 0 fully saturated rings. The van der Waals surface area contributed by atoms with Crippen LogP contribution in [-0.2, 0) is 4.79 Å². The Morgan fingerprint density at radius 2 is 2.16 bits per heavy atom. The molecule has 0 radical (unpaired) electrons. The molecule has 0 spiro atoms. The van der Waals surface area contributed by atoms with E-state index in [4.69, 9.17) is 11.6 Å². The average molecular weight is 398 g/mol. The van der Waals surface area contributed by atoms with E-state index in [9.17, 15) is 19.3 Å². The van der Waals surface area contributed by atoms with Crippen LogP contribution in [0.5, 0.6) is 0 Å². The Hall–Kier alpha value is -2.23. The molecule has 3 rings (SSSR count). The summed E-state index contributed by atoms with van der Waals surface area (Å²) < 4.78 is 14.8. The Balaban J connectivity index is 1.66. The number of hydrogen-bond donors (Lipinski definition) is 1. The number of amides is 1. The topological polar surface area (TPSA) is 85.1 Å². The van der Waals surface area contributed by atoms with Crippen molar-refractivity contribution in [3.8, 4) is 0 Å². The van der Waals surface area contributed by atoms with E-state index < -0.39 is 16.6 Å². The quantitative estimate of drug-likeness (QED) is 0.382. The predicted molar refractivity (Wildman–Crippen MR) is 97.0 cm³/mol. The van der Waals surface area contributed by atoms with Gasteiger partial charge in [0.15, 0.2) is 4.34 Å². The van der Waals surface area contributed by atoms with E-state index in [2.05, 4.69) is 10.3 Å². The summed E-state index contributed by atoms with van der Waals surface area (Å²) in [7, 11) is 0. The average Bonchev–Trinajstić information content (AvgIpc) is 2.98. The Morgan fingerprint density at radius 3 is 2.92 bits per heavy atom. The van der Waals surface area contributed by atoms with Crippen LogP contribution in [0.3, 0.4) is 0 Å². The monoisotopic (exact) mass is 397 g/mol. The number of thioether (sulfide) groups is 1. The number of nitrogens with one attached hydrogen (secondary N) is 1. The third-order valence-corrected chi connectivity index (χ3v) is 5.49. The molecule has 3 aromatic rings. The highest BCUT2D eigenvalue weighted by Crippen LogP contribution is 2.32. The third kappa shape index (κ3) is 4.25. The summed E-state index contributed by atoms with van der Waals surface area (Å²) >= 11 is 8.20. The number of fused-ring (bicyclic) bond motifs is 1. The van der Waals surface area contributed by atoms with Gasteiger partial charge in [0, 0.05) is 17.2 Å².